The van der Waals surface area contributed by atoms with Crippen LogP contribution >= 0.6 is 0 Å². The van der Waals surface area contributed by atoms with Gasteiger partial charge in [0.2, 0.25) is 0 Å². The van der Waals surface area contributed by atoms with Crippen molar-refractivity contribution in [3.8, 4) is 0 Å². The molecule has 0 unspecified atom stereocenters. The van der Waals surface area contributed by atoms with Gasteiger partial charge in [-0.15, -0.1) is 12.1 Å². The fourth-order valence-electron chi connectivity index (χ4n) is 2.91. The molecule has 2 aliphatic rings. The zero-order valence-corrected chi connectivity index (χ0v) is 13.7. The Morgan fingerprint density at radius 3 is 2.35 bits per heavy atom. The molecular formula is C10H17BF3KN2. The van der Waals surface area contributed by atoms with Crippen molar-refractivity contribution in [2.24, 2.45) is 5.41 Å². The molecule has 1 spiro atoms. The molecule has 2 fully saturated rings. The fraction of sp³-hybridized carbons (Fsp3) is 0.800. The van der Waals surface area contributed by atoms with Crippen molar-refractivity contribution in [1.29, 1.82) is 0 Å². The van der Waals surface area contributed by atoms with Crippen LogP contribution in [0.5, 0.6) is 0 Å². The third-order valence-corrected chi connectivity index (χ3v) is 3.62. The Bertz CT molecular complexity index is 302. The van der Waals surface area contributed by atoms with Crippen LogP contribution in [0.1, 0.15) is 6.42 Å². The first kappa shape index (κ1) is 16.2. The minimum Gasteiger partial charge on any atom is -0.445 e. The van der Waals surface area contributed by atoms with Crippen LogP contribution in [0.4, 0.5) is 12.9 Å². The Balaban J connectivity index is 0.00000144. The number of hydrogen-bond donors (Lipinski definition) is 0. The normalized spacial score (nSPS) is 24.5. The van der Waals surface area contributed by atoms with Gasteiger partial charge in [0.05, 0.1) is 0 Å². The summed E-state index contributed by atoms with van der Waals surface area (Å²) in [6.07, 6.45) is 1.02. The number of rotatable bonds is 3. The molecule has 0 bridgehead atoms. The molecular weight excluding hydrogens is 255 g/mol. The molecule has 0 amide bonds. The molecule has 2 aliphatic heterocycles. The van der Waals surface area contributed by atoms with Gasteiger partial charge in [-0.05, 0) is 26.6 Å². The molecule has 0 aliphatic carbocycles. The fourth-order valence-corrected chi connectivity index (χ4v) is 2.91. The Morgan fingerprint density at radius 1 is 1.29 bits per heavy atom. The van der Waals surface area contributed by atoms with Gasteiger partial charge in [-0.25, -0.2) is 0 Å². The summed E-state index contributed by atoms with van der Waals surface area (Å²) in [4.78, 5) is 4.11. The molecule has 2 saturated heterocycles. The molecule has 2 nitrogen and oxygen atoms in total. The molecule has 17 heavy (non-hydrogen) atoms. The van der Waals surface area contributed by atoms with Crippen LogP contribution in [0.25, 0.3) is 0 Å². The second kappa shape index (κ2) is 5.65. The summed E-state index contributed by atoms with van der Waals surface area (Å²) < 4.78 is 37.1. The Labute approximate surface area is 143 Å². The number of halogens is 3. The van der Waals surface area contributed by atoms with Gasteiger partial charge in [-0.1, -0.05) is 0 Å². The third-order valence-electron chi connectivity index (χ3n) is 3.62. The molecule has 0 atom stereocenters. The first-order chi connectivity index (χ1) is 7.31. The molecule has 2 rings (SSSR count). The predicted octanol–water partition coefficient (Wildman–Crippen LogP) is -1.43. The topological polar surface area (TPSA) is 6.48 Å². The van der Waals surface area contributed by atoms with Crippen molar-refractivity contribution < 1.29 is 64.3 Å². The second-order valence-electron chi connectivity index (χ2n) is 5.37. The van der Waals surface area contributed by atoms with E-state index in [2.05, 4.69) is 11.5 Å². The van der Waals surface area contributed by atoms with Crippen molar-refractivity contribution >= 4 is 6.98 Å². The summed E-state index contributed by atoms with van der Waals surface area (Å²) in [5.41, 5.74) is -0.294. The first-order valence-electron chi connectivity index (χ1n) is 5.59. The van der Waals surface area contributed by atoms with E-state index in [1.807, 2.05) is 11.9 Å². The van der Waals surface area contributed by atoms with Gasteiger partial charge in [-0.2, -0.15) is 0 Å². The van der Waals surface area contributed by atoms with Crippen molar-refractivity contribution in [1.82, 2.24) is 9.80 Å². The van der Waals surface area contributed by atoms with Crippen LogP contribution in [-0.2, 0) is 0 Å². The monoisotopic (exact) mass is 272 g/mol. The molecule has 0 aromatic rings. The van der Waals surface area contributed by atoms with Crippen molar-refractivity contribution in [3.63, 3.8) is 0 Å². The van der Waals surface area contributed by atoms with E-state index >= 15 is 0 Å². The quantitative estimate of drug-likeness (QED) is 0.581. The van der Waals surface area contributed by atoms with E-state index in [1.165, 1.54) is 0 Å². The zero-order chi connectivity index (χ0) is 12.0. The van der Waals surface area contributed by atoms with E-state index in [-0.39, 0.29) is 63.3 Å². The van der Waals surface area contributed by atoms with Crippen LogP contribution in [0, 0.1) is 5.41 Å². The van der Waals surface area contributed by atoms with Gasteiger partial charge >= 0.3 is 58.4 Å². The second-order valence-corrected chi connectivity index (χ2v) is 5.37. The zero-order valence-electron chi connectivity index (χ0n) is 10.6. The van der Waals surface area contributed by atoms with E-state index < -0.39 is 12.4 Å². The molecule has 0 radical (unpaired) electrons. The molecule has 0 aromatic carbocycles. The van der Waals surface area contributed by atoms with E-state index in [4.69, 9.17) is 0 Å². The van der Waals surface area contributed by atoms with E-state index in [1.54, 1.807) is 0 Å². The van der Waals surface area contributed by atoms with Crippen LogP contribution in [0.15, 0.2) is 12.1 Å². The van der Waals surface area contributed by atoms with Crippen LogP contribution in [-0.4, -0.2) is 56.5 Å². The minimum atomic E-state index is -4.87. The van der Waals surface area contributed by atoms with Crippen LogP contribution < -0.4 is 51.4 Å². The summed E-state index contributed by atoms with van der Waals surface area (Å²) in [6, 6.07) is 0. The smallest absolute Gasteiger partial charge is 0.445 e. The van der Waals surface area contributed by atoms with E-state index in [0.29, 0.717) is 0 Å². The Morgan fingerprint density at radius 2 is 1.88 bits per heavy atom. The molecule has 7 heteroatoms. The van der Waals surface area contributed by atoms with E-state index in [0.717, 1.165) is 32.6 Å². The van der Waals surface area contributed by atoms with Gasteiger partial charge in [0.15, 0.2) is 0 Å². The average molecular weight is 272 g/mol. The van der Waals surface area contributed by atoms with Crippen LogP contribution in [0.2, 0.25) is 0 Å². The Hall–Kier alpha value is 1.15. The predicted molar refractivity (Wildman–Crippen MR) is 59.2 cm³/mol. The summed E-state index contributed by atoms with van der Waals surface area (Å²) in [5, 5.41) is 0. The maximum Gasteiger partial charge on any atom is 1.00 e. The number of likely N-dealkylation sites (tertiary alicyclic amines) is 2. The van der Waals surface area contributed by atoms with Gasteiger partial charge < -0.3 is 22.7 Å². The van der Waals surface area contributed by atoms with Gasteiger partial charge in [0.1, 0.15) is 0 Å². The SMILES string of the molecule is C=C(CN1CCC2(CN(C)C2)C1)[B-](F)(F)F.[K+]. The molecule has 0 aromatic heterocycles. The average Bonchev–Trinajstić information content (AvgIpc) is 2.46. The van der Waals surface area contributed by atoms with Crippen molar-refractivity contribution in [3.05, 3.63) is 12.1 Å². The van der Waals surface area contributed by atoms with Crippen molar-refractivity contribution in [2.45, 2.75) is 6.42 Å². The van der Waals surface area contributed by atoms with Gasteiger partial charge in [0.25, 0.3) is 0 Å². The van der Waals surface area contributed by atoms with Crippen LogP contribution in [0.3, 0.4) is 0 Å². The summed E-state index contributed by atoms with van der Waals surface area (Å²) >= 11 is 0. The standard InChI is InChI=1S/C10H17BF3N2.K/c1-9(11(12,13)14)5-16-4-3-10(8-16)6-15(2)7-10;/h1,3-8H2,2H3;/q-1;+1. The van der Waals surface area contributed by atoms with Gasteiger partial charge in [-0.3, -0.25) is 0 Å². The first-order valence-corrected chi connectivity index (χ1v) is 5.59. The Kier molecular flexibility index (Phi) is 5.38. The van der Waals surface area contributed by atoms with Gasteiger partial charge in [0, 0.05) is 25.0 Å². The molecule has 0 N–H and O–H groups in total. The molecule has 92 valence electrons. The maximum atomic E-state index is 12.4. The largest absolute Gasteiger partial charge is 1.00 e. The molecule has 2 heterocycles. The molecule has 0 saturated carbocycles. The summed E-state index contributed by atoms with van der Waals surface area (Å²) in [7, 11) is 2.05. The number of hydrogen-bond acceptors (Lipinski definition) is 2. The third kappa shape index (κ3) is 3.81. The summed E-state index contributed by atoms with van der Waals surface area (Å²) in [6.45, 7) is 1.89. The minimum absolute atomic E-state index is 0. The number of nitrogens with zero attached hydrogens (tertiary/aromatic N) is 2. The maximum absolute atomic E-state index is 12.4. The van der Waals surface area contributed by atoms with E-state index in [9.17, 15) is 12.9 Å². The van der Waals surface area contributed by atoms with Crippen molar-refractivity contribution in [2.75, 3.05) is 39.8 Å². The summed E-state index contributed by atoms with van der Waals surface area (Å²) in [5.74, 6) is 0.